The highest BCUT2D eigenvalue weighted by Crippen LogP contribution is 2.17. The molecule has 1 fully saturated rings. The van der Waals surface area contributed by atoms with Crippen LogP contribution >= 0.6 is 0 Å². The van der Waals surface area contributed by atoms with Crippen LogP contribution < -0.4 is 11.1 Å². The number of aromatic nitrogens is 2. The highest BCUT2D eigenvalue weighted by molar-refractivity contribution is 5.97. The molecule has 6 nitrogen and oxygen atoms in total. The molecule has 106 valence electrons. The molecule has 1 amide bonds. The zero-order chi connectivity index (χ0) is 13.8. The van der Waals surface area contributed by atoms with Gasteiger partial charge in [0, 0.05) is 20.2 Å². The van der Waals surface area contributed by atoms with Crippen LogP contribution in [0.4, 0.5) is 5.69 Å². The number of nitrogens with zero attached hydrogens (tertiary/aromatic N) is 2. The Bertz CT molecular complexity index is 450. The van der Waals surface area contributed by atoms with E-state index in [1.54, 1.807) is 11.7 Å². The molecule has 1 aromatic rings. The Hall–Kier alpha value is -1.56. The minimum absolute atomic E-state index is 0.162. The smallest absolute Gasteiger partial charge is 0.271 e. The molecule has 1 atom stereocenters. The number of carbonyl (C=O) groups is 1. The summed E-state index contributed by atoms with van der Waals surface area (Å²) in [5.41, 5.74) is 7.64. The Morgan fingerprint density at radius 3 is 3.00 bits per heavy atom. The van der Waals surface area contributed by atoms with Crippen molar-refractivity contribution in [3.8, 4) is 0 Å². The Morgan fingerprint density at radius 1 is 1.63 bits per heavy atom. The van der Waals surface area contributed by atoms with E-state index < -0.39 is 0 Å². The summed E-state index contributed by atoms with van der Waals surface area (Å²) in [5, 5.41) is 7.13. The molecule has 0 aliphatic carbocycles. The lowest BCUT2D eigenvalue weighted by Crippen LogP contribution is -2.29. The van der Waals surface area contributed by atoms with Gasteiger partial charge in [0.2, 0.25) is 0 Å². The first kappa shape index (κ1) is 13.9. The number of amides is 1. The predicted molar refractivity (Wildman–Crippen MR) is 72.9 cm³/mol. The molecule has 1 unspecified atom stereocenters. The van der Waals surface area contributed by atoms with Crippen LogP contribution in [0.15, 0.2) is 0 Å². The fraction of sp³-hybridized carbons (Fsp3) is 0.692. The second-order valence-corrected chi connectivity index (χ2v) is 4.87. The van der Waals surface area contributed by atoms with Crippen molar-refractivity contribution in [3.05, 3.63) is 11.4 Å². The molecule has 0 bridgehead atoms. The van der Waals surface area contributed by atoms with Crippen molar-refractivity contribution in [2.24, 2.45) is 7.05 Å². The molecule has 19 heavy (non-hydrogen) atoms. The number of hydrogen-bond donors (Lipinski definition) is 2. The average molecular weight is 266 g/mol. The number of ether oxygens (including phenoxy) is 1. The lowest BCUT2D eigenvalue weighted by molar-refractivity contribution is 0.0900. The van der Waals surface area contributed by atoms with Gasteiger partial charge in [-0.05, 0) is 25.7 Å². The lowest BCUT2D eigenvalue weighted by atomic mass is 10.2. The van der Waals surface area contributed by atoms with Crippen molar-refractivity contribution in [2.75, 3.05) is 18.9 Å². The van der Waals surface area contributed by atoms with Crippen LogP contribution in [0.25, 0.3) is 0 Å². The van der Waals surface area contributed by atoms with Crippen LogP contribution in [-0.2, 0) is 18.2 Å². The maximum atomic E-state index is 12.1. The van der Waals surface area contributed by atoms with E-state index in [1.165, 1.54) is 0 Å². The highest BCUT2D eigenvalue weighted by Gasteiger charge is 2.20. The van der Waals surface area contributed by atoms with Gasteiger partial charge in [-0.25, -0.2) is 0 Å². The van der Waals surface area contributed by atoms with Crippen LogP contribution in [0.3, 0.4) is 0 Å². The first-order valence-electron chi connectivity index (χ1n) is 6.84. The van der Waals surface area contributed by atoms with Gasteiger partial charge in [-0.15, -0.1) is 0 Å². The maximum Gasteiger partial charge on any atom is 0.271 e. The molecule has 1 aliphatic heterocycles. The average Bonchev–Trinajstić information content (AvgIpc) is 2.97. The number of hydrogen-bond acceptors (Lipinski definition) is 4. The minimum atomic E-state index is -0.162. The van der Waals surface area contributed by atoms with Crippen molar-refractivity contribution in [2.45, 2.75) is 38.7 Å². The SMILES string of the molecule is CCc1nn(C)c(C(=O)NCCC2CCCO2)c1N. The molecule has 2 rings (SSSR count). The molecule has 0 spiro atoms. The summed E-state index contributed by atoms with van der Waals surface area (Å²) < 4.78 is 7.07. The third-order valence-electron chi connectivity index (χ3n) is 3.49. The fourth-order valence-corrected chi connectivity index (χ4v) is 2.43. The zero-order valence-electron chi connectivity index (χ0n) is 11.6. The first-order chi connectivity index (χ1) is 9.13. The molecule has 0 radical (unpaired) electrons. The molecule has 1 aromatic heterocycles. The minimum Gasteiger partial charge on any atom is -0.395 e. The molecule has 0 saturated carbocycles. The molecular weight excluding hydrogens is 244 g/mol. The van der Waals surface area contributed by atoms with Crippen molar-refractivity contribution >= 4 is 11.6 Å². The van der Waals surface area contributed by atoms with E-state index in [-0.39, 0.29) is 12.0 Å². The van der Waals surface area contributed by atoms with E-state index in [2.05, 4.69) is 10.4 Å². The number of rotatable bonds is 5. The van der Waals surface area contributed by atoms with Gasteiger partial charge in [0.25, 0.3) is 5.91 Å². The number of aryl methyl sites for hydroxylation is 2. The zero-order valence-corrected chi connectivity index (χ0v) is 11.6. The standard InChI is InChI=1S/C13H22N4O2/c1-3-10-11(14)12(17(2)16-10)13(18)15-7-6-9-5-4-8-19-9/h9H,3-8,14H2,1-2H3,(H,15,18). The Morgan fingerprint density at radius 2 is 2.42 bits per heavy atom. The number of nitrogens with two attached hydrogens (primary N) is 1. The van der Waals surface area contributed by atoms with Gasteiger partial charge in [0.1, 0.15) is 5.69 Å². The molecule has 1 aliphatic rings. The number of carbonyl (C=O) groups excluding carboxylic acids is 1. The second kappa shape index (κ2) is 6.06. The van der Waals surface area contributed by atoms with Crippen molar-refractivity contribution in [1.29, 1.82) is 0 Å². The van der Waals surface area contributed by atoms with Gasteiger partial charge < -0.3 is 15.8 Å². The van der Waals surface area contributed by atoms with Crippen LogP contribution in [0.1, 0.15) is 42.4 Å². The molecule has 3 N–H and O–H groups in total. The summed E-state index contributed by atoms with van der Waals surface area (Å²) in [7, 11) is 1.74. The maximum absolute atomic E-state index is 12.1. The Kier molecular flexibility index (Phi) is 4.42. The summed E-state index contributed by atoms with van der Waals surface area (Å²) >= 11 is 0. The van der Waals surface area contributed by atoms with E-state index in [0.717, 1.165) is 38.0 Å². The number of nitrogens with one attached hydrogen (secondary N) is 1. The van der Waals surface area contributed by atoms with Crippen molar-refractivity contribution in [3.63, 3.8) is 0 Å². The quantitative estimate of drug-likeness (QED) is 0.828. The van der Waals surface area contributed by atoms with Gasteiger partial charge in [0.05, 0.1) is 17.5 Å². The Labute approximate surface area is 113 Å². The van der Waals surface area contributed by atoms with E-state index in [4.69, 9.17) is 10.5 Å². The second-order valence-electron chi connectivity index (χ2n) is 4.87. The predicted octanol–water partition coefficient (Wildman–Crippen LogP) is 0.864. The molecule has 6 heteroatoms. The highest BCUT2D eigenvalue weighted by atomic mass is 16.5. The topological polar surface area (TPSA) is 82.2 Å². The number of nitrogen functional groups attached to an aromatic ring is 1. The molecule has 0 aromatic carbocycles. The Balaban J connectivity index is 1.90. The molecular formula is C13H22N4O2. The van der Waals surface area contributed by atoms with Crippen molar-refractivity contribution < 1.29 is 9.53 Å². The monoisotopic (exact) mass is 266 g/mol. The normalized spacial score (nSPS) is 18.7. The van der Waals surface area contributed by atoms with Gasteiger partial charge in [-0.3, -0.25) is 9.48 Å². The van der Waals surface area contributed by atoms with E-state index >= 15 is 0 Å². The fourth-order valence-electron chi connectivity index (χ4n) is 2.43. The van der Waals surface area contributed by atoms with Crippen LogP contribution in [0.2, 0.25) is 0 Å². The van der Waals surface area contributed by atoms with Crippen LogP contribution in [-0.4, -0.2) is 34.9 Å². The summed E-state index contributed by atoms with van der Waals surface area (Å²) in [6, 6.07) is 0. The van der Waals surface area contributed by atoms with Crippen LogP contribution in [0.5, 0.6) is 0 Å². The third-order valence-corrected chi connectivity index (χ3v) is 3.49. The van der Waals surface area contributed by atoms with E-state index in [1.807, 2.05) is 6.92 Å². The first-order valence-corrected chi connectivity index (χ1v) is 6.84. The largest absolute Gasteiger partial charge is 0.395 e. The summed E-state index contributed by atoms with van der Waals surface area (Å²) in [6.45, 7) is 3.42. The summed E-state index contributed by atoms with van der Waals surface area (Å²) in [5.74, 6) is -0.162. The summed E-state index contributed by atoms with van der Waals surface area (Å²) in [6.07, 6.45) is 4.07. The van der Waals surface area contributed by atoms with Gasteiger partial charge in [-0.1, -0.05) is 6.92 Å². The van der Waals surface area contributed by atoms with Crippen LogP contribution in [0, 0.1) is 0 Å². The number of anilines is 1. The molecule has 2 heterocycles. The van der Waals surface area contributed by atoms with E-state index in [0.29, 0.717) is 17.9 Å². The van der Waals surface area contributed by atoms with Gasteiger partial charge in [-0.2, -0.15) is 5.10 Å². The van der Waals surface area contributed by atoms with Crippen molar-refractivity contribution in [1.82, 2.24) is 15.1 Å². The summed E-state index contributed by atoms with van der Waals surface area (Å²) in [4.78, 5) is 12.1. The van der Waals surface area contributed by atoms with E-state index in [9.17, 15) is 4.79 Å². The lowest BCUT2D eigenvalue weighted by Gasteiger charge is -2.10. The van der Waals surface area contributed by atoms with Gasteiger partial charge in [0.15, 0.2) is 0 Å². The third kappa shape index (κ3) is 3.07. The molecule has 1 saturated heterocycles. The van der Waals surface area contributed by atoms with Gasteiger partial charge >= 0.3 is 0 Å².